The molecule has 3 unspecified atom stereocenters. The summed E-state index contributed by atoms with van der Waals surface area (Å²) in [4.78, 5) is 1.39. The van der Waals surface area contributed by atoms with Crippen molar-refractivity contribution in [3.63, 3.8) is 0 Å². The second kappa shape index (κ2) is 6.97. The Bertz CT molecular complexity index is 383. The topological polar surface area (TPSA) is 12.0 Å². The summed E-state index contributed by atoms with van der Waals surface area (Å²) in [6.45, 7) is 5.79. The Hall–Kier alpha value is 0.01000. The molecule has 100 valence electrons. The lowest BCUT2D eigenvalue weighted by Crippen LogP contribution is -2.33. The van der Waals surface area contributed by atoms with Crippen molar-refractivity contribution < 1.29 is 0 Å². The number of benzene rings is 1. The minimum Gasteiger partial charge on any atom is -0.314 e. The molecule has 0 aromatic heterocycles. The Morgan fingerprint density at radius 1 is 1.39 bits per heavy atom. The molecule has 3 heteroatoms. The molecular weight excluding hydrogens is 306 g/mol. The molecule has 0 saturated heterocycles. The highest BCUT2D eigenvalue weighted by Crippen LogP contribution is 2.39. The zero-order chi connectivity index (χ0) is 13.0. The third-order valence-corrected chi connectivity index (χ3v) is 5.71. The molecule has 3 atom stereocenters. The fourth-order valence-corrected chi connectivity index (χ4v) is 4.54. The van der Waals surface area contributed by atoms with Crippen molar-refractivity contribution in [2.75, 3.05) is 6.54 Å². The van der Waals surface area contributed by atoms with E-state index in [2.05, 4.69) is 59.4 Å². The Labute approximate surface area is 123 Å². The standard InChI is InChI=1S/C15H22BrNS/c1-3-9-17-14-7-8-15(11(14)2)18-13-6-4-5-12(16)10-13/h4-6,10-11,14-15,17H,3,7-9H2,1-2H3. The van der Waals surface area contributed by atoms with Gasteiger partial charge in [0.25, 0.3) is 0 Å². The molecule has 0 heterocycles. The zero-order valence-electron chi connectivity index (χ0n) is 11.2. The van der Waals surface area contributed by atoms with Crippen LogP contribution in [0.2, 0.25) is 0 Å². The van der Waals surface area contributed by atoms with Crippen LogP contribution in [0.15, 0.2) is 33.6 Å². The number of rotatable bonds is 5. The van der Waals surface area contributed by atoms with E-state index in [1.54, 1.807) is 0 Å². The van der Waals surface area contributed by atoms with Gasteiger partial charge in [0.1, 0.15) is 0 Å². The maximum absolute atomic E-state index is 3.69. The predicted octanol–water partition coefficient (Wildman–Crippen LogP) is 4.71. The molecule has 0 aliphatic heterocycles. The van der Waals surface area contributed by atoms with E-state index in [0.29, 0.717) is 0 Å². The van der Waals surface area contributed by atoms with Gasteiger partial charge in [-0.1, -0.05) is 35.8 Å². The molecule has 1 saturated carbocycles. The molecule has 0 bridgehead atoms. The van der Waals surface area contributed by atoms with Crippen molar-refractivity contribution in [2.45, 2.75) is 49.3 Å². The van der Waals surface area contributed by atoms with Gasteiger partial charge < -0.3 is 5.32 Å². The van der Waals surface area contributed by atoms with Crippen molar-refractivity contribution in [1.82, 2.24) is 5.32 Å². The number of thioether (sulfide) groups is 1. The highest BCUT2D eigenvalue weighted by molar-refractivity contribution is 9.10. The molecular formula is C15H22BrNS. The van der Waals surface area contributed by atoms with Gasteiger partial charge in [0.15, 0.2) is 0 Å². The third-order valence-electron chi connectivity index (χ3n) is 3.72. The van der Waals surface area contributed by atoms with Crippen LogP contribution in [0.25, 0.3) is 0 Å². The molecule has 2 rings (SSSR count). The third kappa shape index (κ3) is 3.75. The monoisotopic (exact) mass is 327 g/mol. The Balaban J connectivity index is 1.91. The summed E-state index contributed by atoms with van der Waals surface area (Å²) in [7, 11) is 0. The lowest BCUT2D eigenvalue weighted by molar-refractivity contribution is 0.432. The largest absolute Gasteiger partial charge is 0.314 e. The van der Waals surface area contributed by atoms with Crippen LogP contribution in [0.1, 0.15) is 33.1 Å². The van der Waals surface area contributed by atoms with Crippen molar-refractivity contribution in [3.05, 3.63) is 28.7 Å². The van der Waals surface area contributed by atoms with Crippen LogP contribution in [0, 0.1) is 5.92 Å². The summed E-state index contributed by atoms with van der Waals surface area (Å²) in [6.07, 6.45) is 3.89. The fourth-order valence-electron chi connectivity index (χ4n) is 2.63. The minimum atomic E-state index is 0.717. The molecule has 18 heavy (non-hydrogen) atoms. The van der Waals surface area contributed by atoms with E-state index >= 15 is 0 Å². The quantitative estimate of drug-likeness (QED) is 0.840. The molecule has 1 N–H and O–H groups in total. The van der Waals surface area contributed by atoms with Crippen LogP contribution in [-0.4, -0.2) is 17.8 Å². The number of nitrogens with one attached hydrogen (secondary N) is 1. The van der Waals surface area contributed by atoms with E-state index in [1.807, 2.05) is 11.8 Å². The normalized spacial score (nSPS) is 27.6. The van der Waals surface area contributed by atoms with Gasteiger partial charge in [0, 0.05) is 20.7 Å². The summed E-state index contributed by atoms with van der Waals surface area (Å²) in [5, 5.41) is 4.44. The van der Waals surface area contributed by atoms with Crippen molar-refractivity contribution >= 4 is 27.7 Å². The van der Waals surface area contributed by atoms with Crippen molar-refractivity contribution in [1.29, 1.82) is 0 Å². The maximum atomic E-state index is 3.69. The van der Waals surface area contributed by atoms with E-state index in [1.165, 1.54) is 28.6 Å². The maximum Gasteiger partial charge on any atom is 0.0186 e. The van der Waals surface area contributed by atoms with Gasteiger partial charge in [0.2, 0.25) is 0 Å². The molecule has 1 nitrogen and oxygen atoms in total. The van der Waals surface area contributed by atoms with E-state index in [9.17, 15) is 0 Å². The van der Waals surface area contributed by atoms with Gasteiger partial charge in [-0.3, -0.25) is 0 Å². The zero-order valence-corrected chi connectivity index (χ0v) is 13.6. The van der Waals surface area contributed by atoms with Crippen LogP contribution in [0.4, 0.5) is 0 Å². The van der Waals surface area contributed by atoms with Crippen molar-refractivity contribution in [2.24, 2.45) is 5.92 Å². The van der Waals surface area contributed by atoms with Gasteiger partial charge in [0.05, 0.1) is 0 Å². The van der Waals surface area contributed by atoms with Gasteiger partial charge in [-0.05, 0) is 49.9 Å². The molecule has 1 fully saturated rings. The Morgan fingerprint density at radius 3 is 2.94 bits per heavy atom. The van der Waals surface area contributed by atoms with Crippen LogP contribution in [0.3, 0.4) is 0 Å². The summed E-state index contributed by atoms with van der Waals surface area (Å²) in [5.74, 6) is 0.764. The van der Waals surface area contributed by atoms with Crippen LogP contribution in [0.5, 0.6) is 0 Å². The predicted molar refractivity (Wildman–Crippen MR) is 84.3 cm³/mol. The summed E-state index contributed by atoms with van der Waals surface area (Å²) in [6, 6.07) is 9.38. The molecule has 0 radical (unpaired) electrons. The lowest BCUT2D eigenvalue weighted by atomic mass is 10.1. The molecule has 1 aliphatic rings. The van der Waals surface area contributed by atoms with Gasteiger partial charge in [-0.2, -0.15) is 0 Å². The molecule has 1 aromatic carbocycles. The number of hydrogen-bond acceptors (Lipinski definition) is 2. The van der Waals surface area contributed by atoms with Gasteiger partial charge in [-0.25, -0.2) is 0 Å². The van der Waals surface area contributed by atoms with Gasteiger partial charge in [-0.15, -0.1) is 11.8 Å². The van der Waals surface area contributed by atoms with E-state index in [-0.39, 0.29) is 0 Å². The van der Waals surface area contributed by atoms with Crippen LogP contribution in [-0.2, 0) is 0 Å². The smallest absolute Gasteiger partial charge is 0.0186 e. The fraction of sp³-hybridized carbons (Fsp3) is 0.600. The van der Waals surface area contributed by atoms with Crippen LogP contribution < -0.4 is 5.32 Å². The average molecular weight is 328 g/mol. The first-order chi connectivity index (χ1) is 8.70. The first-order valence-corrected chi connectivity index (χ1v) is 8.53. The highest BCUT2D eigenvalue weighted by atomic mass is 79.9. The molecule has 1 aromatic rings. The van der Waals surface area contributed by atoms with Crippen LogP contribution >= 0.6 is 27.7 Å². The van der Waals surface area contributed by atoms with Gasteiger partial charge >= 0.3 is 0 Å². The highest BCUT2D eigenvalue weighted by Gasteiger charge is 2.32. The second-order valence-electron chi connectivity index (χ2n) is 5.11. The first kappa shape index (κ1) is 14.4. The van der Waals surface area contributed by atoms with E-state index < -0.39 is 0 Å². The molecule has 0 spiro atoms. The molecule has 0 amide bonds. The average Bonchev–Trinajstić information content (AvgIpc) is 2.69. The number of halogens is 1. The molecule has 1 aliphatic carbocycles. The van der Waals surface area contributed by atoms with Crippen molar-refractivity contribution in [3.8, 4) is 0 Å². The Morgan fingerprint density at radius 2 is 2.22 bits per heavy atom. The summed E-state index contributed by atoms with van der Waals surface area (Å²) >= 11 is 5.59. The number of hydrogen-bond donors (Lipinski definition) is 1. The first-order valence-electron chi connectivity index (χ1n) is 6.86. The lowest BCUT2D eigenvalue weighted by Gasteiger charge is -2.21. The van der Waals surface area contributed by atoms with E-state index in [4.69, 9.17) is 0 Å². The van der Waals surface area contributed by atoms with E-state index in [0.717, 1.165) is 23.8 Å². The SMILES string of the molecule is CCCNC1CCC(Sc2cccc(Br)c2)C1C. The Kier molecular flexibility index (Phi) is 5.58. The summed E-state index contributed by atoms with van der Waals surface area (Å²) < 4.78 is 1.18. The summed E-state index contributed by atoms with van der Waals surface area (Å²) in [5.41, 5.74) is 0. The second-order valence-corrected chi connectivity index (χ2v) is 7.34. The minimum absolute atomic E-state index is 0.717.